The molecule has 0 unspecified atom stereocenters. The number of nitrogens with two attached hydrogens (primary N) is 1. The van der Waals surface area contributed by atoms with E-state index in [1.54, 1.807) is 12.1 Å². The van der Waals surface area contributed by atoms with Crippen molar-refractivity contribution in [1.82, 2.24) is 5.32 Å². The number of primary amides is 1. The number of amides is 1. The maximum absolute atomic E-state index is 11.1. The third-order valence-corrected chi connectivity index (χ3v) is 4.50. The Labute approximate surface area is 124 Å². The number of carbonyl (C=O) groups is 1. The predicted octanol–water partition coefficient (Wildman–Crippen LogP) is 2.08. The molecule has 1 aliphatic carbocycles. The molecule has 5 heteroatoms. The topological polar surface area (TPSA) is 75.4 Å². The molecule has 110 valence electrons. The van der Waals surface area contributed by atoms with Gasteiger partial charge in [-0.2, -0.15) is 0 Å². The summed E-state index contributed by atoms with van der Waals surface area (Å²) in [5.74, 6) is -0.475. The molecule has 4 nitrogen and oxygen atoms in total. The molecule has 0 atom stereocenters. The molecule has 0 heterocycles. The molecule has 1 saturated carbocycles. The Hall–Kier alpha value is -1.10. The second kappa shape index (κ2) is 6.57. The van der Waals surface area contributed by atoms with E-state index in [0.717, 1.165) is 24.9 Å². The molecule has 0 aromatic heterocycles. The molecular weight excluding hydrogens is 276 g/mol. The number of halogens is 1. The van der Waals surface area contributed by atoms with Crippen molar-refractivity contribution in [2.24, 2.45) is 11.1 Å². The van der Waals surface area contributed by atoms with E-state index in [-0.39, 0.29) is 12.0 Å². The van der Waals surface area contributed by atoms with Crippen molar-refractivity contribution >= 4 is 17.5 Å². The van der Waals surface area contributed by atoms with Crippen LogP contribution >= 0.6 is 11.6 Å². The highest BCUT2D eigenvalue weighted by Gasteiger charge is 2.32. The van der Waals surface area contributed by atoms with Crippen molar-refractivity contribution in [3.8, 4) is 0 Å². The van der Waals surface area contributed by atoms with Crippen LogP contribution in [0, 0.1) is 5.41 Å². The molecule has 1 amide bonds. The lowest BCUT2D eigenvalue weighted by Gasteiger charge is -2.26. The molecule has 2 rings (SSSR count). The summed E-state index contributed by atoms with van der Waals surface area (Å²) >= 11 is 6.14. The van der Waals surface area contributed by atoms with Crippen LogP contribution in [0.25, 0.3) is 0 Å². The minimum Gasteiger partial charge on any atom is -0.396 e. The van der Waals surface area contributed by atoms with Gasteiger partial charge in [0.15, 0.2) is 0 Å². The molecule has 1 aromatic carbocycles. The minimum absolute atomic E-state index is 0.0274. The largest absolute Gasteiger partial charge is 0.396 e. The number of aliphatic hydroxyl groups excluding tert-OH is 1. The Bertz CT molecular complexity index is 485. The second-order valence-corrected chi connectivity index (χ2v) is 6.05. The molecule has 0 spiro atoms. The Morgan fingerprint density at radius 1 is 1.40 bits per heavy atom. The molecule has 0 aliphatic heterocycles. The summed E-state index contributed by atoms with van der Waals surface area (Å²) in [6.07, 6.45) is 4.53. The van der Waals surface area contributed by atoms with Crippen LogP contribution in [0.15, 0.2) is 18.2 Å². The molecule has 0 radical (unpaired) electrons. The summed E-state index contributed by atoms with van der Waals surface area (Å²) < 4.78 is 0. The van der Waals surface area contributed by atoms with Crippen LogP contribution < -0.4 is 11.1 Å². The summed E-state index contributed by atoms with van der Waals surface area (Å²) in [5, 5.41) is 13.5. The van der Waals surface area contributed by atoms with Gasteiger partial charge in [0.1, 0.15) is 0 Å². The number of hydrogen-bond acceptors (Lipinski definition) is 3. The van der Waals surface area contributed by atoms with E-state index >= 15 is 0 Å². The van der Waals surface area contributed by atoms with Crippen LogP contribution in [0.4, 0.5) is 0 Å². The molecule has 1 aromatic rings. The summed E-state index contributed by atoms with van der Waals surface area (Å²) in [6.45, 7) is 1.64. The third-order valence-electron chi connectivity index (χ3n) is 4.15. The van der Waals surface area contributed by atoms with E-state index < -0.39 is 5.91 Å². The van der Waals surface area contributed by atoms with Crippen LogP contribution in [-0.4, -0.2) is 24.2 Å². The zero-order chi connectivity index (χ0) is 14.6. The quantitative estimate of drug-likeness (QED) is 0.752. The number of benzene rings is 1. The summed E-state index contributed by atoms with van der Waals surface area (Å²) in [6, 6.07) is 5.09. The fraction of sp³-hybridized carbons (Fsp3) is 0.533. The molecule has 0 bridgehead atoms. The Kier molecular flexibility index (Phi) is 5.02. The zero-order valence-corrected chi connectivity index (χ0v) is 12.2. The minimum atomic E-state index is -0.475. The summed E-state index contributed by atoms with van der Waals surface area (Å²) in [4.78, 5) is 11.1. The van der Waals surface area contributed by atoms with Crippen molar-refractivity contribution in [2.75, 3.05) is 13.2 Å². The third kappa shape index (κ3) is 3.51. The predicted molar refractivity (Wildman–Crippen MR) is 79.7 cm³/mol. The van der Waals surface area contributed by atoms with Gasteiger partial charge in [-0.3, -0.25) is 4.79 Å². The van der Waals surface area contributed by atoms with Gasteiger partial charge in [0.2, 0.25) is 5.91 Å². The van der Waals surface area contributed by atoms with E-state index in [1.807, 2.05) is 6.07 Å². The first kappa shape index (κ1) is 15.3. The lowest BCUT2D eigenvalue weighted by atomic mass is 9.87. The summed E-state index contributed by atoms with van der Waals surface area (Å²) in [5.41, 5.74) is 6.59. The first-order valence-corrected chi connectivity index (χ1v) is 7.34. The number of carbonyl (C=O) groups excluding carboxylic acids is 1. The van der Waals surface area contributed by atoms with Gasteiger partial charge in [0.05, 0.1) is 0 Å². The lowest BCUT2D eigenvalue weighted by Crippen LogP contribution is -2.34. The highest BCUT2D eigenvalue weighted by molar-refractivity contribution is 6.31. The van der Waals surface area contributed by atoms with E-state index in [4.69, 9.17) is 17.3 Å². The van der Waals surface area contributed by atoms with Gasteiger partial charge >= 0.3 is 0 Å². The van der Waals surface area contributed by atoms with Gasteiger partial charge in [0, 0.05) is 35.7 Å². The van der Waals surface area contributed by atoms with Crippen LogP contribution in [0.1, 0.15) is 41.6 Å². The standard InChI is InChI=1S/C15H21ClN2O2/c16-13-7-11(14(17)20)3-4-12(13)8-18-9-15(10-19)5-1-2-6-15/h3-4,7,18-19H,1-2,5-6,8-10H2,(H2,17,20). The van der Waals surface area contributed by atoms with Gasteiger partial charge in [-0.25, -0.2) is 0 Å². The number of hydrogen-bond donors (Lipinski definition) is 3. The first-order chi connectivity index (χ1) is 9.56. The van der Waals surface area contributed by atoms with Crippen LogP contribution in [0.5, 0.6) is 0 Å². The van der Waals surface area contributed by atoms with E-state index in [0.29, 0.717) is 17.1 Å². The van der Waals surface area contributed by atoms with Crippen molar-refractivity contribution in [2.45, 2.75) is 32.2 Å². The number of nitrogens with one attached hydrogen (secondary N) is 1. The fourth-order valence-corrected chi connectivity index (χ4v) is 3.07. The smallest absolute Gasteiger partial charge is 0.248 e. The maximum atomic E-state index is 11.1. The number of aliphatic hydroxyl groups is 1. The normalized spacial score (nSPS) is 17.3. The van der Waals surface area contributed by atoms with Crippen molar-refractivity contribution in [3.05, 3.63) is 34.3 Å². The monoisotopic (exact) mass is 296 g/mol. The van der Waals surface area contributed by atoms with Gasteiger partial charge in [-0.05, 0) is 30.5 Å². The van der Waals surface area contributed by atoms with Gasteiger partial charge in [-0.1, -0.05) is 30.5 Å². The molecule has 1 fully saturated rings. The lowest BCUT2D eigenvalue weighted by molar-refractivity contribution is 0.1000. The highest BCUT2D eigenvalue weighted by Crippen LogP contribution is 2.37. The fourth-order valence-electron chi connectivity index (χ4n) is 2.82. The molecule has 1 aliphatic rings. The SMILES string of the molecule is NC(=O)c1ccc(CNCC2(CO)CCCC2)c(Cl)c1. The number of rotatable bonds is 6. The maximum Gasteiger partial charge on any atom is 0.248 e. The second-order valence-electron chi connectivity index (χ2n) is 5.64. The van der Waals surface area contributed by atoms with Gasteiger partial charge in [0.25, 0.3) is 0 Å². The average Bonchev–Trinajstić information content (AvgIpc) is 2.90. The first-order valence-electron chi connectivity index (χ1n) is 6.96. The van der Waals surface area contributed by atoms with E-state index in [9.17, 15) is 9.90 Å². The summed E-state index contributed by atoms with van der Waals surface area (Å²) in [7, 11) is 0. The highest BCUT2D eigenvalue weighted by atomic mass is 35.5. The van der Waals surface area contributed by atoms with Crippen molar-refractivity contribution in [3.63, 3.8) is 0 Å². The molecule has 4 N–H and O–H groups in total. The zero-order valence-electron chi connectivity index (χ0n) is 11.5. The van der Waals surface area contributed by atoms with Gasteiger partial charge < -0.3 is 16.2 Å². The Balaban J connectivity index is 1.92. The molecule has 20 heavy (non-hydrogen) atoms. The average molecular weight is 297 g/mol. The van der Waals surface area contributed by atoms with Crippen molar-refractivity contribution in [1.29, 1.82) is 0 Å². The Morgan fingerprint density at radius 2 is 2.10 bits per heavy atom. The van der Waals surface area contributed by atoms with Crippen molar-refractivity contribution < 1.29 is 9.90 Å². The van der Waals surface area contributed by atoms with E-state index in [2.05, 4.69) is 5.32 Å². The van der Waals surface area contributed by atoms with Crippen LogP contribution in [-0.2, 0) is 6.54 Å². The van der Waals surface area contributed by atoms with Gasteiger partial charge in [-0.15, -0.1) is 0 Å². The van der Waals surface area contributed by atoms with Crippen LogP contribution in [0.2, 0.25) is 5.02 Å². The Morgan fingerprint density at radius 3 is 2.65 bits per heavy atom. The molecular formula is C15H21ClN2O2. The van der Waals surface area contributed by atoms with E-state index in [1.165, 1.54) is 12.8 Å². The molecule has 0 saturated heterocycles. The van der Waals surface area contributed by atoms with Crippen LogP contribution in [0.3, 0.4) is 0 Å².